The molecule has 0 atom stereocenters. The molecule has 5 rings (SSSR count). The fraction of sp³-hybridized carbons (Fsp3) is 0.138. The summed E-state index contributed by atoms with van der Waals surface area (Å²) in [5, 5.41) is 6.25. The first kappa shape index (κ1) is 25.3. The predicted octanol–water partition coefficient (Wildman–Crippen LogP) is 6.25. The molecule has 0 aliphatic rings. The highest BCUT2D eigenvalue weighted by Crippen LogP contribution is 2.28. The van der Waals surface area contributed by atoms with Crippen molar-refractivity contribution in [2.24, 2.45) is 7.05 Å². The number of fused-ring (bicyclic) bond motifs is 1. The van der Waals surface area contributed by atoms with Gasteiger partial charge in [-0.15, -0.1) is 0 Å². The molecule has 2 aromatic heterocycles. The average Bonchev–Trinajstić information content (AvgIpc) is 3.24. The second-order valence-corrected chi connectivity index (χ2v) is 9.53. The number of carbonyl (C=O) groups is 1. The largest absolute Gasteiger partial charge is 0.497 e. The quantitative estimate of drug-likeness (QED) is 0.217. The van der Waals surface area contributed by atoms with E-state index in [9.17, 15) is 4.79 Å². The predicted molar refractivity (Wildman–Crippen MR) is 151 cm³/mol. The molecule has 9 heteroatoms. The minimum absolute atomic E-state index is 0.262. The molecule has 0 spiro atoms. The Morgan fingerprint density at radius 2 is 1.79 bits per heavy atom. The molecule has 3 aromatic carbocycles. The van der Waals surface area contributed by atoms with Crippen molar-refractivity contribution in [3.63, 3.8) is 0 Å². The zero-order valence-electron chi connectivity index (χ0n) is 20.9. The van der Waals surface area contributed by atoms with Gasteiger partial charge in [-0.3, -0.25) is 9.78 Å². The molecule has 0 fully saturated rings. The van der Waals surface area contributed by atoms with Gasteiger partial charge in [-0.1, -0.05) is 28.1 Å². The van der Waals surface area contributed by atoms with Crippen LogP contribution in [0.3, 0.4) is 0 Å². The number of nitrogens with zero attached hydrogens (tertiary/aromatic N) is 3. The van der Waals surface area contributed by atoms with E-state index >= 15 is 0 Å². The number of methoxy groups -OCH3 is 1. The number of aryl methyl sites for hydroxylation is 1. The summed E-state index contributed by atoms with van der Waals surface area (Å²) in [6.07, 6.45) is 2.24. The highest BCUT2D eigenvalue weighted by molar-refractivity contribution is 9.10. The molecule has 2 N–H and O–H groups in total. The number of carbonyl (C=O) groups excluding carboxylic acids is 1. The van der Waals surface area contributed by atoms with Crippen LogP contribution in [0.1, 0.15) is 16.1 Å². The van der Waals surface area contributed by atoms with Gasteiger partial charge in [-0.2, -0.15) is 0 Å². The number of ether oxygens (including phenoxy) is 2. The monoisotopic (exact) mass is 571 g/mol. The van der Waals surface area contributed by atoms with E-state index in [1.807, 2.05) is 78.3 Å². The van der Waals surface area contributed by atoms with Gasteiger partial charge in [0.25, 0.3) is 5.91 Å². The molecular formula is C29H26BrN5O3. The fourth-order valence-electron chi connectivity index (χ4n) is 3.99. The Balaban J connectivity index is 1.24. The van der Waals surface area contributed by atoms with E-state index in [2.05, 4.69) is 31.5 Å². The third-order valence-corrected chi connectivity index (χ3v) is 6.51. The van der Waals surface area contributed by atoms with Crippen LogP contribution in [0.15, 0.2) is 89.5 Å². The summed E-state index contributed by atoms with van der Waals surface area (Å²) < 4.78 is 14.3. The summed E-state index contributed by atoms with van der Waals surface area (Å²) in [5.74, 6) is 2.38. The smallest absolute Gasteiger partial charge is 0.270 e. The highest BCUT2D eigenvalue weighted by atomic mass is 79.9. The van der Waals surface area contributed by atoms with Gasteiger partial charge in [-0.25, -0.2) is 4.98 Å². The van der Waals surface area contributed by atoms with Crippen molar-refractivity contribution in [2.75, 3.05) is 19.0 Å². The number of pyridine rings is 1. The van der Waals surface area contributed by atoms with Gasteiger partial charge in [0.05, 0.1) is 18.1 Å². The second-order valence-electron chi connectivity index (χ2n) is 8.61. The van der Waals surface area contributed by atoms with Gasteiger partial charge in [0, 0.05) is 42.1 Å². The van der Waals surface area contributed by atoms with Crippen LogP contribution in [0.4, 0.5) is 11.6 Å². The number of hydrogen-bond acceptors (Lipinski definition) is 6. The van der Waals surface area contributed by atoms with Gasteiger partial charge in [0.15, 0.2) is 0 Å². The van der Waals surface area contributed by atoms with Gasteiger partial charge in [-0.05, 0) is 66.6 Å². The van der Waals surface area contributed by atoms with E-state index in [1.54, 1.807) is 25.4 Å². The molecule has 0 radical (unpaired) electrons. The minimum atomic E-state index is -0.262. The van der Waals surface area contributed by atoms with E-state index < -0.39 is 0 Å². The van der Waals surface area contributed by atoms with Crippen LogP contribution in [0.25, 0.3) is 11.0 Å². The van der Waals surface area contributed by atoms with Crippen molar-refractivity contribution in [3.8, 4) is 17.2 Å². The van der Waals surface area contributed by atoms with Gasteiger partial charge < -0.3 is 24.7 Å². The molecule has 5 aromatic rings. The molecule has 0 saturated heterocycles. The number of rotatable bonds is 9. The van der Waals surface area contributed by atoms with E-state index in [4.69, 9.17) is 14.5 Å². The molecule has 0 saturated carbocycles. The molecule has 8 nitrogen and oxygen atoms in total. The lowest BCUT2D eigenvalue weighted by Gasteiger charge is -2.09. The lowest BCUT2D eigenvalue weighted by atomic mass is 10.1. The highest BCUT2D eigenvalue weighted by Gasteiger charge is 2.12. The topological polar surface area (TPSA) is 90.3 Å². The van der Waals surface area contributed by atoms with Crippen LogP contribution in [-0.4, -0.2) is 34.1 Å². The number of nitrogens with one attached hydrogen (secondary N) is 2. The summed E-state index contributed by atoms with van der Waals surface area (Å²) >= 11 is 3.45. The molecule has 0 unspecified atom stereocenters. The molecule has 1 amide bonds. The maximum atomic E-state index is 12.7. The van der Waals surface area contributed by atoms with E-state index in [-0.39, 0.29) is 11.6 Å². The van der Waals surface area contributed by atoms with Crippen molar-refractivity contribution in [1.82, 2.24) is 19.9 Å². The Morgan fingerprint density at radius 3 is 2.61 bits per heavy atom. The standard InChI is InChI=1S/C29H26BrN5O3/c1-35-27-11-10-23(17-25(27)34-29(35)33-21-8-6-20(30)7-9-21)38-24-13-15-31-26(18-24)28(36)32-14-12-19-4-3-5-22(16-19)37-2/h3-11,13,15-18H,12,14H2,1-2H3,(H,32,36)(H,33,34). The van der Waals surface area contributed by atoms with Gasteiger partial charge in [0.1, 0.15) is 22.9 Å². The number of halogens is 1. The van der Waals surface area contributed by atoms with Gasteiger partial charge >= 0.3 is 0 Å². The Labute approximate surface area is 228 Å². The lowest BCUT2D eigenvalue weighted by Crippen LogP contribution is -2.26. The zero-order chi connectivity index (χ0) is 26.5. The van der Waals surface area contributed by atoms with Crippen molar-refractivity contribution < 1.29 is 14.3 Å². The Hall–Kier alpha value is -4.37. The van der Waals surface area contributed by atoms with E-state index in [1.165, 1.54) is 0 Å². The van der Waals surface area contributed by atoms with Gasteiger partial charge in [0.2, 0.25) is 5.95 Å². The Morgan fingerprint density at radius 1 is 0.974 bits per heavy atom. The minimum Gasteiger partial charge on any atom is -0.497 e. The molecule has 0 aliphatic carbocycles. The number of amides is 1. The Kier molecular flexibility index (Phi) is 7.55. The molecule has 0 bridgehead atoms. The van der Waals surface area contributed by atoms with Crippen LogP contribution in [-0.2, 0) is 13.5 Å². The van der Waals surface area contributed by atoms with Crippen molar-refractivity contribution >= 4 is 44.5 Å². The SMILES string of the molecule is COc1cccc(CCNC(=O)c2cc(Oc3ccc4c(c3)nc(Nc3ccc(Br)cc3)n4C)ccn2)c1. The molecule has 192 valence electrons. The molecular weight excluding hydrogens is 546 g/mol. The Bertz CT molecular complexity index is 1580. The summed E-state index contributed by atoms with van der Waals surface area (Å²) in [6, 6.07) is 24.7. The molecule has 0 aliphatic heterocycles. The number of anilines is 2. The first-order chi connectivity index (χ1) is 18.5. The summed E-state index contributed by atoms with van der Waals surface area (Å²) in [7, 11) is 3.59. The lowest BCUT2D eigenvalue weighted by molar-refractivity contribution is 0.0949. The maximum Gasteiger partial charge on any atom is 0.270 e. The third kappa shape index (κ3) is 5.95. The van der Waals surface area contributed by atoms with E-state index in [0.29, 0.717) is 24.5 Å². The van der Waals surface area contributed by atoms with E-state index in [0.717, 1.165) is 38.5 Å². The maximum absolute atomic E-state index is 12.7. The van der Waals surface area contributed by atoms with Crippen molar-refractivity contribution in [2.45, 2.75) is 6.42 Å². The van der Waals surface area contributed by atoms with Crippen molar-refractivity contribution in [1.29, 1.82) is 0 Å². The second kappa shape index (κ2) is 11.4. The summed E-state index contributed by atoms with van der Waals surface area (Å²) in [5.41, 5.74) is 4.05. The van der Waals surface area contributed by atoms with Crippen LogP contribution < -0.4 is 20.1 Å². The summed E-state index contributed by atoms with van der Waals surface area (Å²) in [6.45, 7) is 0.478. The van der Waals surface area contributed by atoms with Crippen LogP contribution >= 0.6 is 15.9 Å². The molecule has 38 heavy (non-hydrogen) atoms. The third-order valence-electron chi connectivity index (χ3n) is 5.99. The zero-order valence-corrected chi connectivity index (χ0v) is 22.5. The van der Waals surface area contributed by atoms with Crippen LogP contribution in [0.2, 0.25) is 0 Å². The normalized spacial score (nSPS) is 10.8. The summed E-state index contributed by atoms with van der Waals surface area (Å²) in [4.78, 5) is 21.6. The van der Waals surface area contributed by atoms with Crippen molar-refractivity contribution in [3.05, 3.63) is 101 Å². The fourth-order valence-corrected chi connectivity index (χ4v) is 4.26. The number of aromatic nitrogens is 3. The molecule has 2 heterocycles. The van der Waals surface area contributed by atoms with Crippen LogP contribution in [0, 0.1) is 0 Å². The van der Waals surface area contributed by atoms with Crippen LogP contribution in [0.5, 0.6) is 17.2 Å². The number of benzene rings is 3. The number of imidazole rings is 1. The number of hydrogen-bond donors (Lipinski definition) is 2. The average molecular weight is 572 g/mol. The first-order valence-corrected chi connectivity index (χ1v) is 12.8. The first-order valence-electron chi connectivity index (χ1n) is 12.0.